The van der Waals surface area contributed by atoms with E-state index in [1.807, 2.05) is 32.9 Å². The normalized spacial score (nSPS) is 13.9. The van der Waals surface area contributed by atoms with Gasteiger partial charge in [-0.25, -0.2) is 0 Å². The molecule has 0 bridgehead atoms. The minimum atomic E-state index is -0.799. The molecule has 1 unspecified atom stereocenters. The van der Waals surface area contributed by atoms with Crippen molar-refractivity contribution in [2.24, 2.45) is 5.73 Å². The molecule has 0 saturated heterocycles. The van der Waals surface area contributed by atoms with Gasteiger partial charge in [-0.1, -0.05) is 39.0 Å². The Morgan fingerprint density at radius 1 is 1.33 bits per heavy atom. The molecule has 1 rings (SSSR count). The molecule has 0 aliphatic carbocycles. The van der Waals surface area contributed by atoms with Crippen molar-refractivity contribution in [3.8, 4) is 5.75 Å². The SMILES string of the molecule is CC(C)(C)c1cccc(C(O)CN)c1O. The highest BCUT2D eigenvalue weighted by Crippen LogP contribution is 2.35. The number of para-hydroxylation sites is 1. The molecule has 3 heteroatoms. The van der Waals surface area contributed by atoms with Crippen molar-refractivity contribution in [1.82, 2.24) is 0 Å². The van der Waals surface area contributed by atoms with Gasteiger partial charge in [0, 0.05) is 12.1 Å². The van der Waals surface area contributed by atoms with E-state index in [0.717, 1.165) is 5.56 Å². The topological polar surface area (TPSA) is 66.5 Å². The number of rotatable bonds is 2. The number of aliphatic hydroxyl groups excluding tert-OH is 1. The van der Waals surface area contributed by atoms with Crippen LogP contribution in [-0.4, -0.2) is 16.8 Å². The molecule has 0 fully saturated rings. The zero-order chi connectivity index (χ0) is 11.6. The Morgan fingerprint density at radius 3 is 2.40 bits per heavy atom. The molecule has 1 atom stereocenters. The predicted molar refractivity (Wildman–Crippen MR) is 60.8 cm³/mol. The van der Waals surface area contributed by atoms with Gasteiger partial charge in [0.25, 0.3) is 0 Å². The van der Waals surface area contributed by atoms with Gasteiger partial charge in [0.15, 0.2) is 0 Å². The fraction of sp³-hybridized carbons (Fsp3) is 0.500. The van der Waals surface area contributed by atoms with Crippen LogP contribution < -0.4 is 5.73 Å². The van der Waals surface area contributed by atoms with E-state index in [1.54, 1.807) is 6.07 Å². The maximum atomic E-state index is 10.0. The van der Waals surface area contributed by atoms with Gasteiger partial charge in [-0.15, -0.1) is 0 Å². The lowest BCUT2D eigenvalue weighted by Gasteiger charge is -2.23. The second-order valence-corrected chi connectivity index (χ2v) is 4.74. The van der Waals surface area contributed by atoms with Crippen LogP contribution >= 0.6 is 0 Å². The molecule has 3 nitrogen and oxygen atoms in total. The van der Waals surface area contributed by atoms with Crippen LogP contribution in [0.4, 0.5) is 0 Å². The second-order valence-electron chi connectivity index (χ2n) is 4.74. The summed E-state index contributed by atoms with van der Waals surface area (Å²) in [5, 5.41) is 19.6. The predicted octanol–water partition coefficient (Wildman–Crippen LogP) is 1.68. The van der Waals surface area contributed by atoms with E-state index in [-0.39, 0.29) is 17.7 Å². The maximum absolute atomic E-state index is 10.0. The van der Waals surface area contributed by atoms with Crippen LogP contribution in [-0.2, 0) is 5.41 Å². The number of phenols is 1. The van der Waals surface area contributed by atoms with Crippen molar-refractivity contribution < 1.29 is 10.2 Å². The Hall–Kier alpha value is -1.06. The molecule has 0 heterocycles. The molecule has 0 aliphatic rings. The van der Waals surface area contributed by atoms with Gasteiger partial charge in [-0.3, -0.25) is 0 Å². The highest BCUT2D eigenvalue weighted by molar-refractivity contribution is 5.45. The third kappa shape index (κ3) is 2.49. The molecule has 0 spiro atoms. The molecule has 15 heavy (non-hydrogen) atoms. The summed E-state index contributed by atoms with van der Waals surface area (Å²) in [6.45, 7) is 6.16. The Bertz CT molecular complexity index is 342. The molecule has 1 aromatic rings. The Morgan fingerprint density at radius 2 is 1.93 bits per heavy atom. The zero-order valence-electron chi connectivity index (χ0n) is 9.49. The summed E-state index contributed by atoms with van der Waals surface area (Å²) in [4.78, 5) is 0. The lowest BCUT2D eigenvalue weighted by molar-refractivity contribution is 0.182. The van der Waals surface area contributed by atoms with Crippen LogP contribution in [0.3, 0.4) is 0 Å². The largest absolute Gasteiger partial charge is 0.507 e. The molecular weight excluding hydrogens is 190 g/mol. The Balaban J connectivity index is 3.23. The van der Waals surface area contributed by atoms with Gasteiger partial charge < -0.3 is 15.9 Å². The third-order valence-corrected chi connectivity index (χ3v) is 2.46. The standard InChI is InChI=1S/C12H19NO2/c1-12(2,3)9-6-4-5-8(11(9)15)10(14)7-13/h4-6,10,14-15H,7,13H2,1-3H3. The van der Waals surface area contributed by atoms with E-state index in [0.29, 0.717) is 5.56 Å². The third-order valence-electron chi connectivity index (χ3n) is 2.46. The van der Waals surface area contributed by atoms with E-state index >= 15 is 0 Å². The molecule has 0 amide bonds. The van der Waals surface area contributed by atoms with Crippen molar-refractivity contribution in [2.75, 3.05) is 6.54 Å². The maximum Gasteiger partial charge on any atom is 0.125 e. The van der Waals surface area contributed by atoms with Crippen LogP contribution in [0, 0.1) is 0 Å². The zero-order valence-corrected chi connectivity index (χ0v) is 9.49. The summed E-state index contributed by atoms with van der Waals surface area (Å²) < 4.78 is 0. The Kier molecular flexibility index (Phi) is 3.37. The second kappa shape index (κ2) is 4.21. The van der Waals surface area contributed by atoms with Gasteiger partial charge in [0.05, 0.1) is 6.10 Å². The molecular formula is C12H19NO2. The van der Waals surface area contributed by atoms with Crippen LogP contribution in [0.25, 0.3) is 0 Å². The van der Waals surface area contributed by atoms with E-state index in [9.17, 15) is 10.2 Å². The van der Waals surface area contributed by atoms with Gasteiger partial charge in [0.2, 0.25) is 0 Å². The highest BCUT2D eigenvalue weighted by Gasteiger charge is 2.21. The first kappa shape index (κ1) is 12.0. The fourth-order valence-electron chi connectivity index (χ4n) is 1.56. The number of hydrogen-bond donors (Lipinski definition) is 3. The Labute approximate surface area is 90.5 Å². The molecule has 0 saturated carbocycles. The monoisotopic (exact) mass is 209 g/mol. The van der Waals surface area contributed by atoms with Gasteiger partial charge in [-0.05, 0) is 11.0 Å². The summed E-state index contributed by atoms with van der Waals surface area (Å²) in [5.74, 6) is 0.156. The lowest BCUT2D eigenvalue weighted by Crippen LogP contribution is -2.15. The van der Waals surface area contributed by atoms with E-state index in [2.05, 4.69) is 0 Å². The van der Waals surface area contributed by atoms with Crippen molar-refractivity contribution in [3.05, 3.63) is 29.3 Å². The fourth-order valence-corrected chi connectivity index (χ4v) is 1.56. The van der Waals surface area contributed by atoms with Crippen molar-refractivity contribution in [3.63, 3.8) is 0 Å². The van der Waals surface area contributed by atoms with Crippen LogP contribution in [0.5, 0.6) is 5.75 Å². The number of benzene rings is 1. The lowest BCUT2D eigenvalue weighted by atomic mass is 9.84. The quantitative estimate of drug-likeness (QED) is 0.694. The van der Waals surface area contributed by atoms with Crippen molar-refractivity contribution in [2.45, 2.75) is 32.3 Å². The first-order valence-corrected chi connectivity index (χ1v) is 5.08. The molecule has 1 aromatic carbocycles. The molecule has 84 valence electrons. The number of hydrogen-bond acceptors (Lipinski definition) is 3. The van der Waals surface area contributed by atoms with E-state index in [4.69, 9.17) is 5.73 Å². The van der Waals surface area contributed by atoms with Crippen LogP contribution in [0.1, 0.15) is 38.0 Å². The summed E-state index contributed by atoms with van der Waals surface area (Å²) in [6, 6.07) is 5.39. The summed E-state index contributed by atoms with van der Waals surface area (Å²) in [6.07, 6.45) is -0.799. The number of aromatic hydroxyl groups is 1. The van der Waals surface area contributed by atoms with Crippen LogP contribution in [0.2, 0.25) is 0 Å². The average molecular weight is 209 g/mol. The van der Waals surface area contributed by atoms with Crippen LogP contribution in [0.15, 0.2) is 18.2 Å². The smallest absolute Gasteiger partial charge is 0.125 e. The minimum Gasteiger partial charge on any atom is -0.507 e. The van der Waals surface area contributed by atoms with Crippen molar-refractivity contribution >= 4 is 0 Å². The average Bonchev–Trinajstić information content (AvgIpc) is 2.15. The van der Waals surface area contributed by atoms with Gasteiger partial charge in [0.1, 0.15) is 5.75 Å². The van der Waals surface area contributed by atoms with Gasteiger partial charge >= 0.3 is 0 Å². The minimum absolute atomic E-state index is 0.112. The molecule has 0 radical (unpaired) electrons. The number of phenolic OH excluding ortho intramolecular Hbond substituents is 1. The molecule has 0 aliphatic heterocycles. The van der Waals surface area contributed by atoms with E-state index in [1.165, 1.54) is 0 Å². The number of aliphatic hydroxyl groups is 1. The summed E-state index contributed by atoms with van der Waals surface area (Å²) >= 11 is 0. The first-order valence-electron chi connectivity index (χ1n) is 5.08. The molecule has 4 N–H and O–H groups in total. The summed E-state index contributed by atoms with van der Waals surface area (Å²) in [5.41, 5.74) is 6.56. The molecule has 0 aromatic heterocycles. The van der Waals surface area contributed by atoms with Gasteiger partial charge in [-0.2, -0.15) is 0 Å². The summed E-state index contributed by atoms with van der Waals surface area (Å²) in [7, 11) is 0. The van der Waals surface area contributed by atoms with Crippen molar-refractivity contribution in [1.29, 1.82) is 0 Å². The highest BCUT2D eigenvalue weighted by atomic mass is 16.3. The number of nitrogens with two attached hydrogens (primary N) is 1. The van der Waals surface area contributed by atoms with E-state index < -0.39 is 6.10 Å². The first-order chi connectivity index (χ1) is 6.88.